The van der Waals surface area contributed by atoms with Gasteiger partial charge in [0, 0.05) is 6.04 Å². The lowest BCUT2D eigenvalue weighted by atomic mass is 9.81. The van der Waals surface area contributed by atoms with Crippen LogP contribution in [-0.4, -0.2) is 24.2 Å². The van der Waals surface area contributed by atoms with Gasteiger partial charge in [-0.1, -0.05) is 42.5 Å². The Morgan fingerprint density at radius 1 is 1.12 bits per heavy atom. The van der Waals surface area contributed by atoms with Crippen LogP contribution in [0.5, 0.6) is 5.75 Å². The van der Waals surface area contributed by atoms with Gasteiger partial charge in [0.15, 0.2) is 0 Å². The predicted octanol–water partition coefficient (Wildman–Crippen LogP) is 4.00. The average molecular weight is 327 g/mol. The van der Waals surface area contributed by atoms with Crippen molar-refractivity contribution in [2.75, 3.05) is 12.4 Å². The summed E-state index contributed by atoms with van der Waals surface area (Å²) in [5.41, 5.74) is 1.10. The van der Waals surface area contributed by atoms with E-state index in [-0.39, 0.29) is 17.8 Å². The predicted molar refractivity (Wildman–Crippen MR) is 96.1 cm³/mol. The second kappa shape index (κ2) is 7.86. The summed E-state index contributed by atoms with van der Waals surface area (Å²) in [7, 11) is 1.40. The lowest BCUT2D eigenvalue weighted by Crippen LogP contribution is -2.43. The average Bonchev–Trinajstić information content (AvgIpc) is 2.60. The van der Waals surface area contributed by atoms with Crippen LogP contribution in [-0.2, 0) is 16.0 Å². The molecule has 2 N–H and O–H groups in total. The number of ether oxygens (including phenoxy) is 1. The van der Waals surface area contributed by atoms with Crippen LogP contribution in [0.2, 0.25) is 0 Å². The molecule has 2 rings (SSSR count). The van der Waals surface area contributed by atoms with Gasteiger partial charge in [-0.2, -0.15) is 0 Å². The number of aromatic hydroxyl groups is 1. The monoisotopic (exact) mass is 327 g/mol. The largest absolute Gasteiger partial charge is 0.506 e. The molecule has 0 aliphatic carbocycles. The molecule has 0 aliphatic heterocycles. The molecule has 2 aromatic rings. The Labute approximate surface area is 143 Å². The van der Waals surface area contributed by atoms with Gasteiger partial charge >= 0.3 is 5.97 Å². The van der Waals surface area contributed by atoms with Crippen molar-refractivity contribution >= 4 is 11.7 Å². The molecule has 0 radical (unpaired) electrons. The summed E-state index contributed by atoms with van der Waals surface area (Å²) >= 11 is 0. The second-order valence-corrected chi connectivity index (χ2v) is 6.45. The molecule has 0 aromatic heterocycles. The van der Waals surface area contributed by atoms with Gasteiger partial charge in [-0.3, -0.25) is 4.79 Å². The van der Waals surface area contributed by atoms with Crippen molar-refractivity contribution in [3.63, 3.8) is 0 Å². The SMILES string of the molecule is COC(=O)C(C)(C)[C@H](CCc1ccccc1)Nc1ccccc1O. The van der Waals surface area contributed by atoms with Crippen LogP contribution in [0.3, 0.4) is 0 Å². The molecule has 4 heteroatoms. The minimum atomic E-state index is -0.730. The van der Waals surface area contributed by atoms with Crippen molar-refractivity contribution < 1.29 is 14.6 Å². The first-order chi connectivity index (χ1) is 11.4. The quantitative estimate of drug-likeness (QED) is 0.596. The van der Waals surface area contributed by atoms with Gasteiger partial charge in [0.1, 0.15) is 5.75 Å². The second-order valence-electron chi connectivity index (χ2n) is 6.45. The third-order valence-electron chi connectivity index (χ3n) is 4.38. The van der Waals surface area contributed by atoms with E-state index in [4.69, 9.17) is 4.74 Å². The Kier molecular flexibility index (Phi) is 5.85. The number of carbonyl (C=O) groups is 1. The zero-order chi connectivity index (χ0) is 17.6. The van der Waals surface area contributed by atoms with Gasteiger partial charge in [0.05, 0.1) is 18.2 Å². The number of anilines is 1. The highest BCUT2D eigenvalue weighted by molar-refractivity contribution is 5.77. The van der Waals surface area contributed by atoms with Gasteiger partial charge in [-0.05, 0) is 44.4 Å². The maximum atomic E-state index is 12.2. The lowest BCUT2D eigenvalue weighted by molar-refractivity contribution is -0.151. The molecule has 0 saturated heterocycles. The fourth-order valence-corrected chi connectivity index (χ4v) is 2.76. The highest BCUT2D eigenvalue weighted by Gasteiger charge is 2.38. The van der Waals surface area contributed by atoms with E-state index in [9.17, 15) is 9.90 Å². The zero-order valence-corrected chi connectivity index (χ0v) is 14.5. The first kappa shape index (κ1) is 17.9. The minimum Gasteiger partial charge on any atom is -0.506 e. The van der Waals surface area contributed by atoms with Crippen molar-refractivity contribution in [2.24, 2.45) is 5.41 Å². The van der Waals surface area contributed by atoms with Crippen LogP contribution in [0, 0.1) is 5.41 Å². The molecule has 0 unspecified atom stereocenters. The van der Waals surface area contributed by atoms with Gasteiger partial charge < -0.3 is 15.2 Å². The van der Waals surface area contributed by atoms with E-state index >= 15 is 0 Å². The summed E-state index contributed by atoms with van der Waals surface area (Å²) in [6.45, 7) is 3.73. The number of aryl methyl sites for hydroxylation is 1. The summed E-state index contributed by atoms with van der Waals surface area (Å²) < 4.78 is 4.97. The number of hydrogen-bond acceptors (Lipinski definition) is 4. The first-order valence-corrected chi connectivity index (χ1v) is 8.12. The molecule has 2 aromatic carbocycles. The number of para-hydroxylation sites is 2. The number of methoxy groups -OCH3 is 1. The Hall–Kier alpha value is -2.49. The van der Waals surface area contributed by atoms with Crippen LogP contribution in [0.4, 0.5) is 5.69 Å². The third kappa shape index (κ3) is 4.28. The molecule has 1 atom stereocenters. The van der Waals surface area contributed by atoms with E-state index in [0.717, 1.165) is 12.8 Å². The number of rotatable bonds is 7. The molecule has 0 amide bonds. The molecule has 0 bridgehead atoms. The highest BCUT2D eigenvalue weighted by Crippen LogP contribution is 2.32. The number of carbonyl (C=O) groups excluding carboxylic acids is 1. The number of nitrogens with one attached hydrogen (secondary N) is 1. The van der Waals surface area contributed by atoms with Gasteiger partial charge in [-0.15, -0.1) is 0 Å². The maximum absolute atomic E-state index is 12.2. The van der Waals surface area contributed by atoms with E-state index in [1.165, 1.54) is 12.7 Å². The van der Waals surface area contributed by atoms with E-state index in [2.05, 4.69) is 17.4 Å². The Morgan fingerprint density at radius 2 is 1.75 bits per heavy atom. The normalized spacial score (nSPS) is 12.5. The summed E-state index contributed by atoms with van der Waals surface area (Å²) in [4.78, 5) is 12.2. The van der Waals surface area contributed by atoms with Crippen LogP contribution >= 0.6 is 0 Å². The highest BCUT2D eigenvalue weighted by atomic mass is 16.5. The number of phenols is 1. The molecule has 0 saturated carbocycles. The smallest absolute Gasteiger partial charge is 0.313 e. The number of hydrogen-bond donors (Lipinski definition) is 2. The zero-order valence-electron chi connectivity index (χ0n) is 14.5. The molecule has 128 valence electrons. The third-order valence-corrected chi connectivity index (χ3v) is 4.38. The molecular weight excluding hydrogens is 302 g/mol. The number of esters is 1. The number of phenolic OH excluding ortho intramolecular Hbond substituents is 1. The molecule has 0 aliphatic rings. The lowest BCUT2D eigenvalue weighted by Gasteiger charge is -2.33. The van der Waals surface area contributed by atoms with E-state index in [0.29, 0.717) is 5.69 Å². The van der Waals surface area contributed by atoms with Crippen molar-refractivity contribution in [2.45, 2.75) is 32.7 Å². The Morgan fingerprint density at radius 3 is 2.38 bits per heavy atom. The summed E-state index contributed by atoms with van der Waals surface area (Å²) in [6.07, 6.45) is 1.56. The molecule has 0 fully saturated rings. The van der Waals surface area contributed by atoms with Crippen molar-refractivity contribution in [3.05, 3.63) is 60.2 Å². The molecule has 0 spiro atoms. The molecule has 4 nitrogen and oxygen atoms in total. The fraction of sp³-hybridized carbons (Fsp3) is 0.350. The van der Waals surface area contributed by atoms with E-state index in [1.807, 2.05) is 38.1 Å². The van der Waals surface area contributed by atoms with Crippen LogP contribution < -0.4 is 5.32 Å². The van der Waals surface area contributed by atoms with Crippen LogP contribution in [0.25, 0.3) is 0 Å². The van der Waals surface area contributed by atoms with Crippen LogP contribution in [0.15, 0.2) is 54.6 Å². The first-order valence-electron chi connectivity index (χ1n) is 8.12. The Bertz CT molecular complexity index is 668. The fourth-order valence-electron chi connectivity index (χ4n) is 2.76. The number of benzene rings is 2. The topological polar surface area (TPSA) is 58.6 Å². The summed E-state index contributed by atoms with van der Waals surface area (Å²) in [5, 5.41) is 13.3. The van der Waals surface area contributed by atoms with Gasteiger partial charge in [-0.25, -0.2) is 0 Å². The standard InChI is InChI=1S/C20H25NO3/c1-20(2,19(23)24-3)18(14-13-15-9-5-4-6-10-15)21-16-11-7-8-12-17(16)22/h4-12,18,21-22H,13-14H2,1-3H3/t18-/m0/s1. The van der Waals surface area contributed by atoms with E-state index < -0.39 is 5.41 Å². The molecular formula is C20H25NO3. The summed E-state index contributed by atoms with van der Waals surface area (Å²) in [6, 6.07) is 17.0. The van der Waals surface area contributed by atoms with Crippen LogP contribution in [0.1, 0.15) is 25.8 Å². The summed E-state index contributed by atoms with van der Waals surface area (Å²) in [5.74, 6) is -0.105. The van der Waals surface area contributed by atoms with Gasteiger partial charge in [0.2, 0.25) is 0 Å². The molecule has 24 heavy (non-hydrogen) atoms. The molecule has 0 heterocycles. The van der Waals surface area contributed by atoms with Gasteiger partial charge in [0.25, 0.3) is 0 Å². The Balaban J connectivity index is 2.21. The van der Waals surface area contributed by atoms with Crippen molar-refractivity contribution in [3.8, 4) is 5.75 Å². The maximum Gasteiger partial charge on any atom is 0.313 e. The van der Waals surface area contributed by atoms with Crippen molar-refractivity contribution in [1.82, 2.24) is 0 Å². The van der Waals surface area contributed by atoms with E-state index in [1.54, 1.807) is 18.2 Å². The minimum absolute atomic E-state index is 0.169. The van der Waals surface area contributed by atoms with Crippen molar-refractivity contribution in [1.29, 1.82) is 0 Å².